The molecular weight excluding hydrogens is 212 g/mol. The standard InChI is InChI=1S/C14H20N2O/c1-13(2,3)9-6-7-10-11(8-9)15-12(17)14(4,5)16-10/h6-8,16H,1-5H3,(H,15,17). The molecule has 1 aliphatic rings. The molecule has 17 heavy (non-hydrogen) atoms. The number of rotatable bonds is 0. The zero-order valence-electron chi connectivity index (χ0n) is 11.1. The third-order valence-electron chi connectivity index (χ3n) is 3.15. The zero-order chi connectivity index (χ0) is 12.8. The molecule has 0 bridgehead atoms. The Morgan fingerprint density at radius 2 is 1.76 bits per heavy atom. The number of nitrogens with one attached hydrogen (secondary N) is 2. The van der Waals surface area contributed by atoms with Gasteiger partial charge in [0.1, 0.15) is 5.54 Å². The second kappa shape index (κ2) is 3.49. The Balaban J connectivity index is 2.43. The molecule has 1 aliphatic heterocycles. The monoisotopic (exact) mass is 232 g/mol. The fraction of sp³-hybridized carbons (Fsp3) is 0.500. The Bertz CT molecular complexity index is 470. The summed E-state index contributed by atoms with van der Waals surface area (Å²) in [5, 5.41) is 6.21. The first-order valence-electron chi connectivity index (χ1n) is 5.94. The lowest BCUT2D eigenvalue weighted by Crippen LogP contribution is -2.47. The first kappa shape index (κ1) is 12.0. The van der Waals surface area contributed by atoms with Crippen LogP contribution in [0.15, 0.2) is 18.2 Å². The summed E-state index contributed by atoms with van der Waals surface area (Å²) >= 11 is 0. The fourth-order valence-corrected chi connectivity index (χ4v) is 1.90. The second-order valence-electron chi connectivity index (χ2n) is 6.21. The van der Waals surface area contributed by atoms with E-state index in [1.165, 1.54) is 5.56 Å². The van der Waals surface area contributed by atoms with Crippen molar-refractivity contribution in [3.8, 4) is 0 Å². The Hall–Kier alpha value is -1.51. The summed E-state index contributed by atoms with van der Waals surface area (Å²) in [6.45, 7) is 10.2. The molecule has 0 unspecified atom stereocenters. The fourth-order valence-electron chi connectivity index (χ4n) is 1.90. The largest absolute Gasteiger partial charge is 0.370 e. The molecule has 0 atom stereocenters. The summed E-state index contributed by atoms with van der Waals surface area (Å²) in [4.78, 5) is 11.9. The summed E-state index contributed by atoms with van der Waals surface area (Å²) in [6.07, 6.45) is 0. The molecule has 1 amide bonds. The number of fused-ring (bicyclic) bond motifs is 1. The van der Waals surface area contributed by atoms with E-state index in [1.54, 1.807) is 0 Å². The van der Waals surface area contributed by atoms with Crippen molar-refractivity contribution in [1.29, 1.82) is 0 Å². The van der Waals surface area contributed by atoms with Crippen LogP contribution in [-0.4, -0.2) is 11.4 Å². The maximum atomic E-state index is 11.9. The highest BCUT2D eigenvalue weighted by molar-refractivity contribution is 6.05. The molecular formula is C14H20N2O. The van der Waals surface area contributed by atoms with Gasteiger partial charge in [-0.25, -0.2) is 0 Å². The van der Waals surface area contributed by atoms with Crippen molar-refractivity contribution in [2.75, 3.05) is 10.6 Å². The van der Waals surface area contributed by atoms with Gasteiger partial charge in [-0.1, -0.05) is 26.8 Å². The summed E-state index contributed by atoms with van der Waals surface area (Å²) < 4.78 is 0. The number of amides is 1. The molecule has 2 rings (SSSR count). The predicted octanol–water partition coefficient (Wildman–Crippen LogP) is 3.13. The number of carbonyl (C=O) groups is 1. The van der Waals surface area contributed by atoms with Crippen LogP contribution in [-0.2, 0) is 10.2 Å². The average Bonchev–Trinajstić information content (AvgIpc) is 2.17. The van der Waals surface area contributed by atoms with Gasteiger partial charge >= 0.3 is 0 Å². The van der Waals surface area contributed by atoms with Gasteiger partial charge in [-0.3, -0.25) is 4.79 Å². The SMILES string of the molecule is CC1(C)Nc2ccc(C(C)(C)C)cc2NC1=O. The molecule has 0 aromatic heterocycles. The van der Waals surface area contributed by atoms with Gasteiger partial charge in [0.05, 0.1) is 11.4 Å². The number of benzene rings is 1. The first-order valence-corrected chi connectivity index (χ1v) is 5.94. The molecule has 0 spiro atoms. The third kappa shape index (κ3) is 2.14. The van der Waals surface area contributed by atoms with Crippen LogP contribution >= 0.6 is 0 Å². The van der Waals surface area contributed by atoms with Gasteiger partial charge in [-0.15, -0.1) is 0 Å². The van der Waals surface area contributed by atoms with Crippen molar-refractivity contribution in [3.63, 3.8) is 0 Å². The molecule has 1 aromatic rings. The van der Waals surface area contributed by atoms with E-state index in [1.807, 2.05) is 19.9 Å². The van der Waals surface area contributed by atoms with Crippen molar-refractivity contribution in [1.82, 2.24) is 0 Å². The van der Waals surface area contributed by atoms with Crippen LogP contribution in [0.25, 0.3) is 0 Å². The molecule has 3 nitrogen and oxygen atoms in total. The minimum absolute atomic E-state index is 0.0102. The van der Waals surface area contributed by atoms with E-state index in [4.69, 9.17) is 0 Å². The van der Waals surface area contributed by atoms with E-state index < -0.39 is 5.54 Å². The van der Waals surface area contributed by atoms with Crippen LogP contribution in [0.5, 0.6) is 0 Å². The van der Waals surface area contributed by atoms with Crippen LogP contribution in [0.1, 0.15) is 40.2 Å². The van der Waals surface area contributed by atoms with E-state index in [2.05, 4.69) is 43.5 Å². The van der Waals surface area contributed by atoms with Gasteiger partial charge in [0.2, 0.25) is 5.91 Å². The lowest BCUT2D eigenvalue weighted by Gasteiger charge is -2.33. The minimum atomic E-state index is -0.545. The normalized spacial score (nSPS) is 18.1. The Kier molecular flexibility index (Phi) is 2.45. The summed E-state index contributed by atoms with van der Waals surface area (Å²) in [6, 6.07) is 6.20. The highest BCUT2D eigenvalue weighted by Gasteiger charge is 2.33. The number of anilines is 2. The van der Waals surface area contributed by atoms with Gasteiger partial charge in [0.25, 0.3) is 0 Å². The minimum Gasteiger partial charge on any atom is -0.370 e. The molecule has 1 aromatic carbocycles. The van der Waals surface area contributed by atoms with E-state index in [-0.39, 0.29) is 11.3 Å². The highest BCUT2D eigenvalue weighted by atomic mass is 16.2. The molecule has 1 heterocycles. The lowest BCUT2D eigenvalue weighted by molar-refractivity contribution is -0.119. The molecule has 3 heteroatoms. The topological polar surface area (TPSA) is 41.1 Å². The van der Waals surface area contributed by atoms with Crippen LogP contribution < -0.4 is 10.6 Å². The molecule has 0 saturated carbocycles. The Morgan fingerprint density at radius 1 is 1.12 bits per heavy atom. The van der Waals surface area contributed by atoms with Crippen LogP contribution in [0, 0.1) is 0 Å². The van der Waals surface area contributed by atoms with E-state index in [9.17, 15) is 4.79 Å². The lowest BCUT2D eigenvalue weighted by atomic mass is 9.86. The average molecular weight is 232 g/mol. The van der Waals surface area contributed by atoms with Crippen molar-refractivity contribution in [3.05, 3.63) is 23.8 Å². The molecule has 0 saturated heterocycles. The first-order chi connectivity index (χ1) is 7.70. The van der Waals surface area contributed by atoms with Gasteiger partial charge in [0, 0.05) is 0 Å². The van der Waals surface area contributed by atoms with Crippen LogP contribution in [0.4, 0.5) is 11.4 Å². The van der Waals surface area contributed by atoms with Crippen LogP contribution in [0.2, 0.25) is 0 Å². The summed E-state index contributed by atoms with van der Waals surface area (Å²) in [5.74, 6) is 0.0102. The smallest absolute Gasteiger partial charge is 0.249 e. The zero-order valence-corrected chi connectivity index (χ0v) is 11.1. The maximum Gasteiger partial charge on any atom is 0.249 e. The third-order valence-corrected chi connectivity index (χ3v) is 3.15. The number of hydrogen-bond acceptors (Lipinski definition) is 2. The maximum absolute atomic E-state index is 11.9. The summed E-state index contributed by atoms with van der Waals surface area (Å²) in [7, 11) is 0. The van der Waals surface area contributed by atoms with Gasteiger partial charge in [-0.05, 0) is 37.0 Å². The number of hydrogen-bond donors (Lipinski definition) is 2. The predicted molar refractivity (Wildman–Crippen MR) is 71.5 cm³/mol. The highest BCUT2D eigenvalue weighted by Crippen LogP contribution is 2.34. The molecule has 0 radical (unpaired) electrons. The quantitative estimate of drug-likeness (QED) is 0.721. The number of carbonyl (C=O) groups excluding carboxylic acids is 1. The molecule has 0 fully saturated rings. The second-order valence-corrected chi connectivity index (χ2v) is 6.21. The van der Waals surface area contributed by atoms with Gasteiger partial charge in [0.15, 0.2) is 0 Å². The Labute approximate surface area is 103 Å². The molecule has 92 valence electrons. The molecule has 2 N–H and O–H groups in total. The van der Waals surface area contributed by atoms with Gasteiger partial charge < -0.3 is 10.6 Å². The van der Waals surface area contributed by atoms with Crippen LogP contribution in [0.3, 0.4) is 0 Å². The van der Waals surface area contributed by atoms with E-state index in [0.717, 1.165) is 11.4 Å². The van der Waals surface area contributed by atoms with Crippen molar-refractivity contribution in [2.45, 2.75) is 45.6 Å². The van der Waals surface area contributed by atoms with Gasteiger partial charge in [-0.2, -0.15) is 0 Å². The van der Waals surface area contributed by atoms with E-state index >= 15 is 0 Å². The molecule has 0 aliphatic carbocycles. The van der Waals surface area contributed by atoms with Crippen molar-refractivity contribution < 1.29 is 4.79 Å². The Morgan fingerprint density at radius 3 is 2.35 bits per heavy atom. The van der Waals surface area contributed by atoms with Crippen molar-refractivity contribution >= 4 is 17.3 Å². The van der Waals surface area contributed by atoms with E-state index in [0.29, 0.717) is 0 Å². The summed E-state index contributed by atoms with van der Waals surface area (Å²) in [5.41, 5.74) is 2.63. The van der Waals surface area contributed by atoms with Crippen molar-refractivity contribution in [2.24, 2.45) is 0 Å².